The predicted molar refractivity (Wildman–Crippen MR) is 85.7 cm³/mol. The second-order valence-corrected chi connectivity index (χ2v) is 5.83. The van der Waals surface area contributed by atoms with Crippen molar-refractivity contribution in [2.45, 2.75) is 52.5 Å². The van der Waals surface area contributed by atoms with Gasteiger partial charge in [-0.3, -0.25) is 13.9 Å². The van der Waals surface area contributed by atoms with Gasteiger partial charge in [0.1, 0.15) is 5.82 Å². The lowest BCUT2D eigenvalue weighted by molar-refractivity contribution is 0.510. The smallest absolute Gasteiger partial charge is 0.281 e. The fourth-order valence-electron chi connectivity index (χ4n) is 2.70. The van der Waals surface area contributed by atoms with E-state index in [1.165, 1.54) is 9.13 Å². The molecule has 0 amide bonds. The third-order valence-corrected chi connectivity index (χ3v) is 4.15. The third kappa shape index (κ3) is 3.03. The van der Waals surface area contributed by atoms with E-state index < -0.39 is 0 Å². The molecule has 1 atom stereocenters. The molecule has 2 rings (SSSR count). The van der Waals surface area contributed by atoms with E-state index in [1.54, 1.807) is 7.05 Å². The Morgan fingerprint density at radius 3 is 2.73 bits per heavy atom. The summed E-state index contributed by atoms with van der Waals surface area (Å²) in [5, 5.41) is 8.76. The largest absolute Gasteiger partial charge is 0.332 e. The van der Waals surface area contributed by atoms with E-state index in [2.05, 4.69) is 11.1 Å². The van der Waals surface area contributed by atoms with Crippen molar-refractivity contribution < 1.29 is 0 Å². The summed E-state index contributed by atoms with van der Waals surface area (Å²) in [7, 11) is 1.66. The van der Waals surface area contributed by atoms with Crippen LogP contribution in [0.1, 0.15) is 45.1 Å². The quantitative estimate of drug-likeness (QED) is 0.753. The molecule has 1 aliphatic rings. The minimum absolute atomic E-state index is 0.0140. The van der Waals surface area contributed by atoms with Crippen molar-refractivity contribution in [1.29, 1.82) is 5.26 Å². The number of fused-ring (bicyclic) bond motifs is 1. The van der Waals surface area contributed by atoms with E-state index in [-0.39, 0.29) is 17.2 Å². The Morgan fingerprint density at radius 1 is 1.36 bits per heavy atom. The summed E-state index contributed by atoms with van der Waals surface area (Å²) in [5.74, 6) is 0.529. The molecule has 0 aromatic carbocycles. The van der Waals surface area contributed by atoms with Crippen LogP contribution in [0.25, 0.3) is 0 Å². The average Bonchev–Trinajstić information content (AvgIpc) is 2.96. The van der Waals surface area contributed by atoms with Crippen LogP contribution < -0.4 is 11.2 Å². The standard InChI is InChI=1S/C16H22N4O2/c1-4-12-9-13-14(18-12)19(3)16(22)20(15(13)21)8-6-5-7-11(2)10-17/h11H,4-9H2,1-3H3/t11-/m1/s1. The maximum Gasteiger partial charge on any atom is 0.332 e. The Balaban J connectivity index is 2.20. The molecule has 2 heterocycles. The van der Waals surface area contributed by atoms with Crippen LogP contribution in [0.15, 0.2) is 14.6 Å². The first-order chi connectivity index (χ1) is 10.5. The summed E-state index contributed by atoms with van der Waals surface area (Å²) in [6, 6.07) is 2.19. The van der Waals surface area contributed by atoms with Gasteiger partial charge in [-0.1, -0.05) is 13.3 Å². The molecule has 1 aliphatic heterocycles. The summed E-state index contributed by atoms with van der Waals surface area (Å²) in [4.78, 5) is 29.2. The van der Waals surface area contributed by atoms with E-state index in [0.717, 1.165) is 31.4 Å². The number of aromatic nitrogens is 2. The maximum atomic E-state index is 12.5. The van der Waals surface area contributed by atoms with Crippen LogP contribution in [0.3, 0.4) is 0 Å². The van der Waals surface area contributed by atoms with Crippen molar-refractivity contribution in [1.82, 2.24) is 9.13 Å². The third-order valence-electron chi connectivity index (χ3n) is 4.15. The molecule has 0 spiro atoms. The van der Waals surface area contributed by atoms with Crippen LogP contribution in [0.4, 0.5) is 5.82 Å². The van der Waals surface area contributed by atoms with Gasteiger partial charge in [-0.05, 0) is 26.2 Å². The zero-order chi connectivity index (χ0) is 16.3. The minimum atomic E-state index is -0.307. The number of nitrogens with zero attached hydrogens (tertiary/aromatic N) is 4. The summed E-state index contributed by atoms with van der Waals surface area (Å²) < 4.78 is 2.78. The zero-order valence-corrected chi connectivity index (χ0v) is 13.4. The Morgan fingerprint density at radius 2 is 2.09 bits per heavy atom. The number of aliphatic imine (C=N–C) groups is 1. The van der Waals surface area contributed by atoms with Crippen LogP contribution in [-0.2, 0) is 20.0 Å². The number of nitriles is 1. The molecule has 22 heavy (non-hydrogen) atoms. The lowest BCUT2D eigenvalue weighted by Crippen LogP contribution is -2.40. The summed E-state index contributed by atoms with van der Waals surface area (Å²) in [6.45, 7) is 4.28. The van der Waals surface area contributed by atoms with Crippen LogP contribution >= 0.6 is 0 Å². The van der Waals surface area contributed by atoms with E-state index in [1.807, 2.05) is 13.8 Å². The van der Waals surface area contributed by atoms with E-state index >= 15 is 0 Å². The first kappa shape index (κ1) is 16.2. The van der Waals surface area contributed by atoms with Gasteiger partial charge in [-0.2, -0.15) is 5.26 Å². The number of hydrogen-bond donors (Lipinski definition) is 0. The SMILES string of the molecule is CCC1=Nc2c(c(=O)n(CCCC[C@@H](C)C#N)c(=O)n2C)C1. The van der Waals surface area contributed by atoms with Crippen molar-refractivity contribution in [3.63, 3.8) is 0 Å². The Bertz CT molecular complexity index is 749. The van der Waals surface area contributed by atoms with Crippen LogP contribution in [0, 0.1) is 17.2 Å². The maximum absolute atomic E-state index is 12.5. The van der Waals surface area contributed by atoms with Crippen LogP contribution in [0.5, 0.6) is 0 Å². The molecule has 1 aromatic heterocycles. The van der Waals surface area contributed by atoms with Gasteiger partial charge < -0.3 is 0 Å². The molecule has 0 N–H and O–H groups in total. The van der Waals surface area contributed by atoms with Crippen LogP contribution in [-0.4, -0.2) is 14.8 Å². The van der Waals surface area contributed by atoms with E-state index in [0.29, 0.717) is 24.3 Å². The van der Waals surface area contributed by atoms with Gasteiger partial charge in [0.05, 0.1) is 11.6 Å². The molecule has 0 saturated heterocycles. The molecular formula is C16H22N4O2. The average molecular weight is 302 g/mol. The highest BCUT2D eigenvalue weighted by Crippen LogP contribution is 2.22. The van der Waals surface area contributed by atoms with Gasteiger partial charge in [0, 0.05) is 31.6 Å². The first-order valence-electron chi connectivity index (χ1n) is 7.78. The molecule has 118 valence electrons. The number of hydrogen-bond acceptors (Lipinski definition) is 4. The lowest BCUT2D eigenvalue weighted by atomic mass is 10.1. The van der Waals surface area contributed by atoms with Crippen molar-refractivity contribution in [3.05, 3.63) is 26.4 Å². The van der Waals surface area contributed by atoms with Crippen molar-refractivity contribution in [3.8, 4) is 6.07 Å². The highest BCUT2D eigenvalue weighted by atomic mass is 16.2. The topological polar surface area (TPSA) is 80.2 Å². The lowest BCUT2D eigenvalue weighted by Gasteiger charge is -2.10. The van der Waals surface area contributed by atoms with E-state index in [9.17, 15) is 9.59 Å². The fourth-order valence-corrected chi connectivity index (χ4v) is 2.70. The molecule has 6 heteroatoms. The van der Waals surface area contributed by atoms with Crippen molar-refractivity contribution in [2.24, 2.45) is 18.0 Å². The molecule has 1 aromatic rings. The Hall–Kier alpha value is -2.16. The zero-order valence-electron chi connectivity index (χ0n) is 13.4. The molecular weight excluding hydrogens is 280 g/mol. The summed E-state index contributed by atoms with van der Waals surface area (Å²) >= 11 is 0. The minimum Gasteiger partial charge on any atom is -0.281 e. The molecule has 0 fully saturated rings. The van der Waals surface area contributed by atoms with Gasteiger partial charge in [0.2, 0.25) is 0 Å². The van der Waals surface area contributed by atoms with Crippen LogP contribution in [0.2, 0.25) is 0 Å². The van der Waals surface area contributed by atoms with Crippen molar-refractivity contribution in [2.75, 3.05) is 0 Å². The molecule has 0 unspecified atom stereocenters. The van der Waals surface area contributed by atoms with Gasteiger partial charge in [-0.25, -0.2) is 9.79 Å². The predicted octanol–water partition coefficient (Wildman–Crippen LogP) is 1.92. The molecule has 6 nitrogen and oxygen atoms in total. The highest BCUT2D eigenvalue weighted by molar-refractivity contribution is 5.92. The molecule has 0 saturated carbocycles. The monoisotopic (exact) mass is 302 g/mol. The van der Waals surface area contributed by atoms with Gasteiger partial charge in [0.15, 0.2) is 0 Å². The Labute approximate surface area is 129 Å². The Kier molecular flexibility index (Phi) is 4.96. The van der Waals surface area contributed by atoms with Gasteiger partial charge in [0.25, 0.3) is 5.56 Å². The first-order valence-corrected chi connectivity index (χ1v) is 7.78. The summed E-state index contributed by atoms with van der Waals surface area (Å²) in [5.41, 5.74) is 1.06. The second-order valence-electron chi connectivity index (χ2n) is 5.83. The summed E-state index contributed by atoms with van der Waals surface area (Å²) in [6.07, 6.45) is 3.68. The number of unbranched alkanes of at least 4 members (excludes halogenated alkanes) is 1. The highest BCUT2D eigenvalue weighted by Gasteiger charge is 2.22. The second kappa shape index (κ2) is 6.73. The molecule has 0 radical (unpaired) electrons. The normalized spacial score (nSPS) is 14.4. The van der Waals surface area contributed by atoms with Gasteiger partial charge in [-0.15, -0.1) is 0 Å². The fraction of sp³-hybridized carbons (Fsp3) is 0.625. The number of rotatable bonds is 6. The van der Waals surface area contributed by atoms with Crippen molar-refractivity contribution >= 4 is 11.5 Å². The van der Waals surface area contributed by atoms with E-state index in [4.69, 9.17) is 5.26 Å². The van der Waals surface area contributed by atoms with Gasteiger partial charge >= 0.3 is 5.69 Å². The molecule has 0 bridgehead atoms. The molecule has 0 aliphatic carbocycles.